The average molecular weight is 227 g/mol. The van der Waals surface area contributed by atoms with Gasteiger partial charge < -0.3 is 14.4 Å². The van der Waals surface area contributed by atoms with Crippen molar-refractivity contribution >= 4 is 5.97 Å². The highest BCUT2D eigenvalue weighted by Gasteiger charge is 2.11. The number of carbonyl (C=O) groups is 1. The first-order chi connectivity index (χ1) is 7.63. The second kappa shape index (κ2) is 6.24. The van der Waals surface area contributed by atoms with Gasteiger partial charge in [0.05, 0.1) is 25.2 Å². The van der Waals surface area contributed by atoms with E-state index in [0.29, 0.717) is 19.7 Å². The van der Waals surface area contributed by atoms with E-state index in [2.05, 4.69) is 4.98 Å². The Kier molecular flexibility index (Phi) is 4.94. The standard InChI is InChI=1S/C10H17N3O3/c1-12-8-11-5-9(12)6-13(3-4-16-2)7-10(14)15/h5,8H,3-4,6-7H2,1-2H3,(H,14,15). The number of carboxylic acids is 1. The number of hydrogen-bond donors (Lipinski definition) is 1. The Morgan fingerprint density at radius 1 is 1.69 bits per heavy atom. The van der Waals surface area contributed by atoms with Crippen molar-refractivity contribution in [1.82, 2.24) is 14.5 Å². The van der Waals surface area contributed by atoms with Crippen molar-refractivity contribution < 1.29 is 14.6 Å². The molecule has 1 aromatic heterocycles. The third kappa shape index (κ3) is 4.00. The van der Waals surface area contributed by atoms with Crippen molar-refractivity contribution in [2.45, 2.75) is 6.54 Å². The van der Waals surface area contributed by atoms with Crippen LogP contribution in [0.1, 0.15) is 5.69 Å². The van der Waals surface area contributed by atoms with E-state index in [0.717, 1.165) is 5.69 Å². The molecule has 6 heteroatoms. The second-order valence-electron chi connectivity index (χ2n) is 3.59. The molecule has 0 amide bonds. The molecule has 1 rings (SSSR count). The van der Waals surface area contributed by atoms with Gasteiger partial charge in [-0.2, -0.15) is 0 Å². The van der Waals surface area contributed by atoms with Gasteiger partial charge in [0.2, 0.25) is 0 Å². The lowest BCUT2D eigenvalue weighted by atomic mass is 10.4. The number of nitrogens with zero attached hydrogens (tertiary/aromatic N) is 3. The number of aryl methyl sites for hydroxylation is 1. The predicted molar refractivity (Wildman–Crippen MR) is 58.0 cm³/mol. The first kappa shape index (κ1) is 12.7. The first-order valence-corrected chi connectivity index (χ1v) is 5.01. The van der Waals surface area contributed by atoms with Gasteiger partial charge in [0.25, 0.3) is 0 Å². The Morgan fingerprint density at radius 2 is 2.44 bits per heavy atom. The molecule has 0 aromatic carbocycles. The van der Waals surface area contributed by atoms with Gasteiger partial charge in [-0.25, -0.2) is 4.98 Å². The number of methoxy groups -OCH3 is 1. The molecule has 0 unspecified atom stereocenters. The lowest BCUT2D eigenvalue weighted by Crippen LogP contribution is -2.32. The zero-order valence-corrected chi connectivity index (χ0v) is 9.59. The first-order valence-electron chi connectivity index (χ1n) is 5.01. The van der Waals surface area contributed by atoms with Crippen LogP contribution in [-0.2, 0) is 23.1 Å². The van der Waals surface area contributed by atoms with Gasteiger partial charge in [-0.3, -0.25) is 9.69 Å². The van der Waals surface area contributed by atoms with Crippen molar-refractivity contribution in [3.63, 3.8) is 0 Å². The lowest BCUT2D eigenvalue weighted by molar-refractivity contribution is -0.138. The topological polar surface area (TPSA) is 67.6 Å². The predicted octanol–water partition coefficient (Wildman–Crippen LogP) is -0.0469. The number of aromatic nitrogens is 2. The number of hydrogen-bond acceptors (Lipinski definition) is 4. The molecule has 0 spiro atoms. The van der Waals surface area contributed by atoms with Gasteiger partial charge in [0, 0.05) is 33.4 Å². The molecule has 0 aliphatic carbocycles. The van der Waals surface area contributed by atoms with Crippen LogP contribution < -0.4 is 0 Å². The van der Waals surface area contributed by atoms with Crippen molar-refractivity contribution in [2.75, 3.05) is 26.8 Å². The molecule has 1 aromatic rings. The minimum Gasteiger partial charge on any atom is -0.480 e. The molecule has 16 heavy (non-hydrogen) atoms. The highest BCUT2D eigenvalue weighted by molar-refractivity contribution is 5.69. The number of rotatable bonds is 7. The molecule has 0 saturated carbocycles. The number of ether oxygens (including phenoxy) is 1. The van der Waals surface area contributed by atoms with Gasteiger partial charge in [-0.1, -0.05) is 0 Å². The van der Waals surface area contributed by atoms with Crippen molar-refractivity contribution in [3.05, 3.63) is 18.2 Å². The van der Waals surface area contributed by atoms with Crippen LogP contribution >= 0.6 is 0 Å². The summed E-state index contributed by atoms with van der Waals surface area (Å²) in [6.07, 6.45) is 3.44. The summed E-state index contributed by atoms with van der Waals surface area (Å²) in [7, 11) is 3.49. The van der Waals surface area contributed by atoms with E-state index in [1.165, 1.54) is 0 Å². The molecule has 0 aliphatic rings. The smallest absolute Gasteiger partial charge is 0.317 e. The average Bonchev–Trinajstić information content (AvgIpc) is 2.60. The number of carboxylic acid groups (broad SMARTS) is 1. The van der Waals surface area contributed by atoms with Gasteiger partial charge in [-0.15, -0.1) is 0 Å². The quantitative estimate of drug-likeness (QED) is 0.707. The summed E-state index contributed by atoms with van der Waals surface area (Å²) in [6.45, 7) is 1.68. The molecular weight excluding hydrogens is 210 g/mol. The highest BCUT2D eigenvalue weighted by Crippen LogP contribution is 2.02. The monoisotopic (exact) mass is 227 g/mol. The van der Waals surface area contributed by atoms with Crippen LogP contribution in [0.3, 0.4) is 0 Å². The third-order valence-electron chi connectivity index (χ3n) is 2.27. The Morgan fingerprint density at radius 3 is 2.94 bits per heavy atom. The zero-order valence-electron chi connectivity index (χ0n) is 9.59. The molecule has 0 radical (unpaired) electrons. The van der Waals surface area contributed by atoms with Crippen molar-refractivity contribution in [1.29, 1.82) is 0 Å². The van der Waals surface area contributed by atoms with Crippen LogP contribution in [0.5, 0.6) is 0 Å². The Hall–Kier alpha value is -1.40. The minimum absolute atomic E-state index is 0.00847. The van der Waals surface area contributed by atoms with Crippen LogP contribution in [0.2, 0.25) is 0 Å². The maximum Gasteiger partial charge on any atom is 0.317 e. The van der Waals surface area contributed by atoms with Gasteiger partial charge in [0.1, 0.15) is 0 Å². The van der Waals surface area contributed by atoms with Gasteiger partial charge >= 0.3 is 5.97 Å². The summed E-state index contributed by atoms with van der Waals surface area (Å²) < 4.78 is 6.82. The summed E-state index contributed by atoms with van der Waals surface area (Å²) in [6, 6.07) is 0. The van der Waals surface area contributed by atoms with E-state index < -0.39 is 5.97 Å². The Balaban J connectivity index is 2.55. The maximum atomic E-state index is 10.7. The van der Waals surface area contributed by atoms with E-state index in [9.17, 15) is 4.79 Å². The van der Waals surface area contributed by atoms with Crippen LogP contribution in [-0.4, -0.2) is 52.3 Å². The van der Waals surface area contributed by atoms with Crippen LogP contribution in [0, 0.1) is 0 Å². The molecule has 0 bridgehead atoms. The fourth-order valence-electron chi connectivity index (χ4n) is 1.39. The molecule has 1 N–H and O–H groups in total. The summed E-state index contributed by atoms with van der Waals surface area (Å²) in [5.74, 6) is -0.835. The summed E-state index contributed by atoms with van der Waals surface area (Å²) >= 11 is 0. The maximum absolute atomic E-state index is 10.7. The fourth-order valence-corrected chi connectivity index (χ4v) is 1.39. The van der Waals surface area contributed by atoms with Crippen molar-refractivity contribution in [2.24, 2.45) is 7.05 Å². The van der Waals surface area contributed by atoms with Gasteiger partial charge in [0.15, 0.2) is 0 Å². The minimum atomic E-state index is -0.835. The number of aliphatic carboxylic acids is 1. The summed E-state index contributed by atoms with van der Waals surface area (Å²) in [5.41, 5.74) is 0.984. The largest absolute Gasteiger partial charge is 0.480 e. The van der Waals surface area contributed by atoms with Crippen LogP contribution in [0.25, 0.3) is 0 Å². The highest BCUT2D eigenvalue weighted by atomic mass is 16.5. The third-order valence-corrected chi connectivity index (χ3v) is 2.27. The van der Waals surface area contributed by atoms with Crippen LogP contribution in [0.4, 0.5) is 0 Å². The SMILES string of the molecule is COCCN(CC(=O)O)Cc1cncn1C. The molecule has 6 nitrogen and oxygen atoms in total. The Labute approximate surface area is 94.5 Å². The summed E-state index contributed by atoms with van der Waals surface area (Å²) in [4.78, 5) is 16.5. The zero-order chi connectivity index (χ0) is 12.0. The molecule has 90 valence electrons. The lowest BCUT2D eigenvalue weighted by Gasteiger charge is -2.19. The molecule has 0 saturated heterocycles. The fraction of sp³-hybridized carbons (Fsp3) is 0.600. The number of imidazole rings is 1. The molecule has 0 atom stereocenters. The van der Waals surface area contributed by atoms with E-state index in [4.69, 9.17) is 9.84 Å². The molecule has 0 aliphatic heterocycles. The van der Waals surface area contributed by atoms with E-state index in [1.807, 2.05) is 16.5 Å². The van der Waals surface area contributed by atoms with Gasteiger partial charge in [-0.05, 0) is 0 Å². The van der Waals surface area contributed by atoms with E-state index in [-0.39, 0.29) is 6.54 Å². The molecule has 1 heterocycles. The Bertz CT molecular complexity index is 338. The van der Waals surface area contributed by atoms with Crippen molar-refractivity contribution in [3.8, 4) is 0 Å². The van der Waals surface area contributed by atoms with Crippen LogP contribution in [0.15, 0.2) is 12.5 Å². The second-order valence-corrected chi connectivity index (χ2v) is 3.59. The van der Waals surface area contributed by atoms with E-state index in [1.54, 1.807) is 19.6 Å². The van der Waals surface area contributed by atoms with E-state index >= 15 is 0 Å². The normalized spacial score (nSPS) is 10.9. The summed E-state index contributed by atoms with van der Waals surface area (Å²) in [5, 5.41) is 8.78. The molecule has 0 fully saturated rings. The molecular formula is C10H17N3O3.